The van der Waals surface area contributed by atoms with Crippen LogP contribution in [0.5, 0.6) is 0 Å². The number of amides is 1. The smallest absolute Gasteiger partial charge is 0.268 e. The van der Waals surface area contributed by atoms with Crippen molar-refractivity contribution in [2.45, 2.75) is 19.3 Å². The fourth-order valence-corrected chi connectivity index (χ4v) is 3.46. The summed E-state index contributed by atoms with van der Waals surface area (Å²) in [6.45, 7) is 2.99. The molecule has 4 N–H and O–H groups in total. The summed E-state index contributed by atoms with van der Waals surface area (Å²) < 4.78 is 1.80. The van der Waals surface area contributed by atoms with Crippen LogP contribution in [0.15, 0.2) is 36.9 Å². The van der Waals surface area contributed by atoms with Crippen molar-refractivity contribution in [2.24, 2.45) is 11.7 Å². The molecule has 0 spiro atoms. The molecule has 4 heterocycles. The molecule has 0 aliphatic carbocycles. The highest BCUT2D eigenvalue weighted by Crippen LogP contribution is 2.23. The van der Waals surface area contributed by atoms with Gasteiger partial charge in [0.25, 0.3) is 5.91 Å². The minimum absolute atomic E-state index is 0.227. The largest absolute Gasteiger partial charge is 0.367 e. The van der Waals surface area contributed by atoms with Crippen molar-refractivity contribution in [3.8, 4) is 11.3 Å². The van der Waals surface area contributed by atoms with Gasteiger partial charge >= 0.3 is 0 Å². The van der Waals surface area contributed by atoms with E-state index in [1.165, 1.54) is 12.8 Å². The molecule has 1 amide bonds. The highest BCUT2D eigenvalue weighted by molar-refractivity contribution is 5.92. The standard InChI is InChI=1S/C19H23N7O/c20-17(27)16-12-26-11-15(14-4-8-22-9-5-14)24-18(19(26)25-16)23-10-3-13-1-6-21-7-2-13/h4-5,8-9,11-13,21H,1-3,6-7,10H2,(H2,20,27)(H,23,24). The van der Waals surface area contributed by atoms with E-state index >= 15 is 0 Å². The van der Waals surface area contributed by atoms with Gasteiger partial charge in [-0.05, 0) is 50.4 Å². The lowest BCUT2D eigenvalue weighted by Gasteiger charge is -2.22. The molecule has 0 saturated carbocycles. The van der Waals surface area contributed by atoms with Crippen LogP contribution in [0.4, 0.5) is 5.82 Å². The number of primary amides is 1. The van der Waals surface area contributed by atoms with Crippen molar-refractivity contribution in [1.82, 2.24) is 24.7 Å². The van der Waals surface area contributed by atoms with Crippen LogP contribution in [0.3, 0.4) is 0 Å². The Morgan fingerprint density at radius 3 is 2.74 bits per heavy atom. The normalized spacial score (nSPS) is 15.1. The molecule has 0 unspecified atom stereocenters. The van der Waals surface area contributed by atoms with Crippen molar-refractivity contribution in [3.63, 3.8) is 0 Å². The van der Waals surface area contributed by atoms with Gasteiger partial charge in [-0.2, -0.15) is 0 Å². The van der Waals surface area contributed by atoms with Crippen molar-refractivity contribution >= 4 is 17.4 Å². The second kappa shape index (κ2) is 7.71. The third kappa shape index (κ3) is 3.90. The molecular weight excluding hydrogens is 342 g/mol. The molecule has 0 aromatic carbocycles. The molecule has 1 fully saturated rings. The number of hydrogen-bond donors (Lipinski definition) is 3. The Labute approximate surface area is 157 Å². The molecule has 3 aromatic heterocycles. The first-order valence-corrected chi connectivity index (χ1v) is 9.25. The van der Waals surface area contributed by atoms with Crippen molar-refractivity contribution < 1.29 is 4.79 Å². The number of fused-ring (bicyclic) bond motifs is 1. The maximum atomic E-state index is 11.5. The first-order valence-electron chi connectivity index (χ1n) is 9.25. The van der Waals surface area contributed by atoms with Crippen LogP contribution < -0.4 is 16.4 Å². The molecule has 27 heavy (non-hydrogen) atoms. The van der Waals surface area contributed by atoms with E-state index in [0.717, 1.165) is 43.2 Å². The van der Waals surface area contributed by atoms with E-state index in [1.54, 1.807) is 23.0 Å². The molecular formula is C19H23N7O. The highest BCUT2D eigenvalue weighted by Gasteiger charge is 2.16. The zero-order valence-corrected chi connectivity index (χ0v) is 15.1. The summed E-state index contributed by atoms with van der Waals surface area (Å²) in [6, 6.07) is 3.80. The molecule has 8 heteroatoms. The Bertz CT molecular complexity index is 932. The maximum absolute atomic E-state index is 11.5. The molecule has 0 atom stereocenters. The number of imidazole rings is 1. The Morgan fingerprint density at radius 2 is 2.00 bits per heavy atom. The van der Waals surface area contributed by atoms with E-state index in [-0.39, 0.29) is 5.69 Å². The fraction of sp³-hybridized carbons (Fsp3) is 0.368. The van der Waals surface area contributed by atoms with Crippen LogP contribution in [0.2, 0.25) is 0 Å². The summed E-state index contributed by atoms with van der Waals surface area (Å²) in [4.78, 5) is 24.7. The highest BCUT2D eigenvalue weighted by atomic mass is 16.1. The van der Waals surface area contributed by atoms with E-state index < -0.39 is 5.91 Å². The van der Waals surface area contributed by atoms with Crippen LogP contribution in [-0.4, -0.2) is 44.9 Å². The monoisotopic (exact) mass is 365 g/mol. The van der Waals surface area contributed by atoms with E-state index in [0.29, 0.717) is 11.5 Å². The van der Waals surface area contributed by atoms with Crippen molar-refractivity contribution in [3.05, 3.63) is 42.6 Å². The van der Waals surface area contributed by atoms with E-state index in [1.807, 2.05) is 18.3 Å². The number of carbonyl (C=O) groups is 1. The first-order chi connectivity index (χ1) is 13.2. The summed E-state index contributed by atoms with van der Waals surface area (Å²) >= 11 is 0. The molecule has 1 aliphatic rings. The van der Waals surface area contributed by atoms with Gasteiger partial charge in [-0.1, -0.05) is 0 Å². The van der Waals surface area contributed by atoms with E-state index in [2.05, 4.69) is 20.6 Å². The number of hydrogen-bond acceptors (Lipinski definition) is 6. The quantitative estimate of drug-likeness (QED) is 0.613. The summed E-state index contributed by atoms with van der Waals surface area (Å²) in [5, 5.41) is 6.81. The Kier molecular flexibility index (Phi) is 4.97. The third-order valence-electron chi connectivity index (χ3n) is 4.97. The van der Waals surface area contributed by atoms with Gasteiger partial charge in [0.15, 0.2) is 11.5 Å². The summed E-state index contributed by atoms with van der Waals surface area (Å²) in [6.07, 6.45) is 10.4. The number of pyridine rings is 1. The lowest BCUT2D eigenvalue weighted by Crippen LogP contribution is -2.28. The van der Waals surface area contributed by atoms with Gasteiger partial charge in [0.1, 0.15) is 5.69 Å². The number of piperidine rings is 1. The van der Waals surface area contributed by atoms with Gasteiger partial charge in [0.2, 0.25) is 0 Å². The second-order valence-corrected chi connectivity index (χ2v) is 6.84. The van der Waals surface area contributed by atoms with Gasteiger partial charge in [-0.25, -0.2) is 9.97 Å². The molecule has 140 valence electrons. The van der Waals surface area contributed by atoms with Crippen LogP contribution in [-0.2, 0) is 0 Å². The summed E-state index contributed by atoms with van der Waals surface area (Å²) in [7, 11) is 0. The van der Waals surface area contributed by atoms with Crippen LogP contribution in [0, 0.1) is 5.92 Å². The molecule has 1 saturated heterocycles. The number of nitrogens with two attached hydrogens (primary N) is 1. The fourth-order valence-electron chi connectivity index (χ4n) is 3.46. The molecule has 3 aromatic rings. The summed E-state index contributed by atoms with van der Waals surface area (Å²) in [5.74, 6) is 0.828. The molecule has 4 rings (SSSR count). The molecule has 8 nitrogen and oxygen atoms in total. The second-order valence-electron chi connectivity index (χ2n) is 6.84. The van der Waals surface area contributed by atoms with Crippen molar-refractivity contribution in [1.29, 1.82) is 0 Å². The number of aromatic nitrogens is 4. The van der Waals surface area contributed by atoms with Crippen LogP contribution >= 0.6 is 0 Å². The predicted octanol–water partition coefficient (Wildman–Crippen LogP) is 1.69. The molecule has 1 aliphatic heterocycles. The zero-order valence-electron chi connectivity index (χ0n) is 15.1. The predicted molar refractivity (Wildman–Crippen MR) is 103 cm³/mol. The first kappa shape index (κ1) is 17.4. The van der Waals surface area contributed by atoms with Gasteiger partial charge in [0, 0.05) is 36.9 Å². The zero-order chi connectivity index (χ0) is 18.6. The van der Waals surface area contributed by atoms with Gasteiger partial charge in [-0.3, -0.25) is 9.78 Å². The minimum Gasteiger partial charge on any atom is -0.367 e. The number of nitrogens with one attached hydrogen (secondary N) is 2. The average molecular weight is 365 g/mol. The lowest BCUT2D eigenvalue weighted by atomic mass is 9.95. The average Bonchev–Trinajstić information content (AvgIpc) is 3.14. The maximum Gasteiger partial charge on any atom is 0.268 e. The molecule has 0 bridgehead atoms. The summed E-state index contributed by atoms with van der Waals surface area (Å²) in [5.41, 5.74) is 7.96. The Balaban J connectivity index is 1.62. The van der Waals surface area contributed by atoms with Crippen molar-refractivity contribution in [2.75, 3.05) is 25.0 Å². The minimum atomic E-state index is -0.551. The van der Waals surface area contributed by atoms with Gasteiger partial charge in [0.05, 0.1) is 5.69 Å². The van der Waals surface area contributed by atoms with Gasteiger partial charge in [-0.15, -0.1) is 0 Å². The number of carbonyl (C=O) groups excluding carboxylic acids is 1. The lowest BCUT2D eigenvalue weighted by molar-refractivity contribution is 0.0996. The van der Waals surface area contributed by atoms with Gasteiger partial charge < -0.3 is 20.8 Å². The van der Waals surface area contributed by atoms with E-state index in [4.69, 9.17) is 10.7 Å². The molecule has 0 radical (unpaired) electrons. The van der Waals surface area contributed by atoms with Crippen LogP contribution in [0.25, 0.3) is 16.9 Å². The number of nitrogens with zero attached hydrogens (tertiary/aromatic N) is 4. The third-order valence-corrected chi connectivity index (χ3v) is 4.97. The topological polar surface area (TPSA) is 110 Å². The Hall–Kier alpha value is -3.00. The number of anilines is 1. The van der Waals surface area contributed by atoms with Crippen LogP contribution in [0.1, 0.15) is 29.8 Å². The number of rotatable bonds is 6. The van der Waals surface area contributed by atoms with E-state index in [9.17, 15) is 4.79 Å². The SMILES string of the molecule is NC(=O)c1cn2cc(-c3ccncc3)nc(NCCC3CCNCC3)c2n1. The Morgan fingerprint density at radius 1 is 1.22 bits per heavy atom.